The molecule has 1 aromatic heterocycles. The number of non-ortho nitro benzene ring substituents is 1. The Bertz CT molecular complexity index is 877. The Balaban J connectivity index is 1.56. The van der Waals surface area contributed by atoms with Gasteiger partial charge in [0.1, 0.15) is 6.54 Å². The van der Waals surface area contributed by atoms with E-state index in [0.29, 0.717) is 19.5 Å². The summed E-state index contributed by atoms with van der Waals surface area (Å²) in [6, 6.07) is 3.44. The van der Waals surface area contributed by atoms with Crippen molar-refractivity contribution in [2.24, 2.45) is 0 Å². The maximum Gasteiger partial charge on any atom is 0.270 e. The molecular formula is C16H15N5O5. The minimum absolute atomic E-state index is 0.0582. The molecule has 0 fully saturated rings. The molecule has 1 aliphatic rings. The van der Waals surface area contributed by atoms with Crippen molar-refractivity contribution in [3.8, 4) is 0 Å². The number of rotatable bonds is 7. The van der Waals surface area contributed by atoms with E-state index in [4.69, 9.17) is 0 Å². The summed E-state index contributed by atoms with van der Waals surface area (Å²) in [6.07, 6.45) is 5.79. The molecule has 2 heterocycles. The molecule has 0 bridgehead atoms. The lowest BCUT2D eigenvalue weighted by Gasteiger charge is -2.13. The number of nitro benzene ring substituents is 1. The van der Waals surface area contributed by atoms with Gasteiger partial charge in [0.25, 0.3) is 17.5 Å². The van der Waals surface area contributed by atoms with E-state index in [0.717, 1.165) is 17.0 Å². The highest BCUT2D eigenvalue weighted by molar-refractivity contribution is 6.22. The highest BCUT2D eigenvalue weighted by Gasteiger charge is 2.37. The third-order valence-electron chi connectivity index (χ3n) is 3.94. The van der Waals surface area contributed by atoms with Crippen LogP contribution in [0.15, 0.2) is 36.9 Å². The van der Waals surface area contributed by atoms with Gasteiger partial charge in [-0.2, -0.15) is 0 Å². The molecule has 0 aliphatic carbocycles. The molecule has 26 heavy (non-hydrogen) atoms. The molecular weight excluding hydrogens is 342 g/mol. The molecule has 0 radical (unpaired) electrons. The summed E-state index contributed by atoms with van der Waals surface area (Å²) in [7, 11) is 0. The number of fused-ring (bicyclic) bond motifs is 1. The largest absolute Gasteiger partial charge is 0.354 e. The third-order valence-corrected chi connectivity index (χ3v) is 3.94. The zero-order valence-corrected chi connectivity index (χ0v) is 13.6. The molecule has 10 nitrogen and oxygen atoms in total. The second-order valence-electron chi connectivity index (χ2n) is 5.69. The molecule has 0 saturated carbocycles. The number of hydrogen-bond acceptors (Lipinski definition) is 6. The van der Waals surface area contributed by atoms with Gasteiger partial charge >= 0.3 is 0 Å². The Kier molecular flexibility index (Phi) is 4.74. The number of imide groups is 1. The molecule has 134 valence electrons. The SMILES string of the molecule is O=C(CN1C(=O)c2ccc([N+](=O)[O-])cc2C1=O)NCCCn1ccnc1. The van der Waals surface area contributed by atoms with E-state index in [9.17, 15) is 24.5 Å². The van der Waals surface area contributed by atoms with E-state index >= 15 is 0 Å². The molecule has 0 atom stereocenters. The number of nitrogens with one attached hydrogen (secondary N) is 1. The van der Waals surface area contributed by atoms with E-state index in [2.05, 4.69) is 10.3 Å². The summed E-state index contributed by atoms with van der Waals surface area (Å²) in [6.45, 7) is 0.633. The number of carbonyl (C=O) groups is 3. The second-order valence-corrected chi connectivity index (χ2v) is 5.69. The van der Waals surface area contributed by atoms with E-state index < -0.39 is 29.2 Å². The Morgan fingerprint density at radius 1 is 1.23 bits per heavy atom. The summed E-state index contributed by atoms with van der Waals surface area (Å²) < 4.78 is 1.86. The lowest BCUT2D eigenvalue weighted by Crippen LogP contribution is -2.40. The van der Waals surface area contributed by atoms with Crippen molar-refractivity contribution in [1.82, 2.24) is 19.8 Å². The second kappa shape index (κ2) is 7.13. The van der Waals surface area contributed by atoms with Crippen LogP contribution in [0.4, 0.5) is 5.69 Å². The molecule has 3 rings (SSSR count). The molecule has 0 spiro atoms. The number of imidazole rings is 1. The quantitative estimate of drug-likeness (QED) is 0.334. The predicted octanol–water partition coefficient (Wildman–Crippen LogP) is 0.594. The number of aryl methyl sites for hydroxylation is 1. The van der Waals surface area contributed by atoms with Crippen LogP contribution in [-0.2, 0) is 11.3 Å². The average molecular weight is 357 g/mol. The molecule has 1 aromatic carbocycles. The first-order chi connectivity index (χ1) is 12.5. The van der Waals surface area contributed by atoms with Crippen LogP contribution in [0.5, 0.6) is 0 Å². The van der Waals surface area contributed by atoms with Crippen molar-refractivity contribution >= 4 is 23.4 Å². The van der Waals surface area contributed by atoms with Crippen LogP contribution in [0.3, 0.4) is 0 Å². The summed E-state index contributed by atoms with van der Waals surface area (Å²) in [5.74, 6) is -1.81. The summed E-state index contributed by atoms with van der Waals surface area (Å²) in [5.41, 5.74) is -0.277. The minimum Gasteiger partial charge on any atom is -0.354 e. The molecule has 2 aromatic rings. The fraction of sp³-hybridized carbons (Fsp3) is 0.250. The third kappa shape index (κ3) is 3.43. The van der Waals surface area contributed by atoms with E-state index in [1.54, 1.807) is 18.7 Å². The normalized spacial score (nSPS) is 13.0. The molecule has 0 saturated heterocycles. The lowest BCUT2D eigenvalue weighted by molar-refractivity contribution is -0.384. The number of benzene rings is 1. The van der Waals surface area contributed by atoms with Crippen LogP contribution in [-0.4, -0.2) is 50.2 Å². The van der Waals surface area contributed by atoms with Crippen LogP contribution >= 0.6 is 0 Å². The van der Waals surface area contributed by atoms with Gasteiger partial charge in [-0.3, -0.25) is 29.4 Å². The molecule has 1 N–H and O–H groups in total. The van der Waals surface area contributed by atoms with Crippen LogP contribution in [0.25, 0.3) is 0 Å². The summed E-state index contributed by atoms with van der Waals surface area (Å²) in [5, 5.41) is 13.4. The van der Waals surface area contributed by atoms with E-state index in [-0.39, 0.29) is 16.8 Å². The number of nitrogens with zero attached hydrogens (tertiary/aromatic N) is 4. The van der Waals surface area contributed by atoms with Gasteiger partial charge in [-0.25, -0.2) is 4.98 Å². The average Bonchev–Trinajstić information content (AvgIpc) is 3.22. The summed E-state index contributed by atoms with van der Waals surface area (Å²) >= 11 is 0. The number of hydrogen-bond donors (Lipinski definition) is 1. The topological polar surface area (TPSA) is 127 Å². The van der Waals surface area contributed by atoms with Gasteiger partial charge in [-0.05, 0) is 12.5 Å². The van der Waals surface area contributed by atoms with Gasteiger partial charge < -0.3 is 9.88 Å². The van der Waals surface area contributed by atoms with Crippen LogP contribution in [0, 0.1) is 10.1 Å². The maximum atomic E-state index is 12.3. The van der Waals surface area contributed by atoms with Crippen LogP contribution in [0.2, 0.25) is 0 Å². The maximum absolute atomic E-state index is 12.3. The minimum atomic E-state index is -0.706. The highest BCUT2D eigenvalue weighted by Crippen LogP contribution is 2.26. The fourth-order valence-corrected chi connectivity index (χ4v) is 2.64. The Morgan fingerprint density at radius 2 is 2.00 bits per heavy atom. The first-order valence-corrected chi connectivity index (χ1v) is 7.84. The zero-order valence-electron chi connectivity index (χ0n) is 13.6. The number of carbonyl (C=O) groups excluding carboxylic acids is 3. The molecule has 3 amide bonds. The molecule has 10 heteroatoms. The van der Waals surface area contributed by atoms with Crippen LogP contribution < -0.4 is 5.32 Å². The van der Waals surface area contributed by atoms with E-state index in [1.807, 2.05) is 4.57 Å². The lowest BCUT2D eigenvalue weighted by atomic mass is 10.1. The van der Waals surface area contributed by atoms with Gasteiger partial charge in [0.2, 0.25) is 5.91 Å². The monoisotopic (exact) mass is 357 g/mol. The number of aromatic nitrogens is 2. The molecule has 1 aliphatic heterocycles. The van der Waals surface area contributed by atoms with E-state index in [1.165, 1.54) is 6.07 Å². The van der Waals surface area contributed by atoms with Gasteiger partial charge in [-0.15, -0.1) is 0 Å². The van der Waals surface area contributed by atoms with Gasteiger partial charge in [0, 0.05) is 37.6 Å². The van der Waals surface area contributed by atoms with Crippen molar-refractivity contribution < 1.29 is 19.3 Å². The van der Waals surface area contributed by atoms with Gasteiger partial charge in [0.15, 0.2) is 0 Å². The zero-order chi connectivity index (χ0) is 18.7. The van der Waals surface area contributed by atoms with Gasteiger partial charge in [-0.1, -0.05) is 0 Å². The Labute approximate surface area is 147 Å². The van der Waals surface area contributed by atoms with Crippen molar-refractivity contribution in [3.63, 3.8) is 0 Å². The van der Waals surface area contributed by atoms with Crippen molar-refractivity contribution in [3.05, 3.63) is 58.2 Å². The summed E-state index contributed by atoms with van der Waals surface area (Å²) in [4.78, 5) is 51.4. The standard InChI is InChI=1S/C16H15N5O5/c22-14(18-4-1-6-19-7-5-17-10-19)9-20-15(23)12-3-2-11(21(25)26)8-13(12)16(20)24/h2-3,5,7-8,10H,1,4,6,9H2,(H,18,22). The molecule has 0 unspecified atom stereocenters. The van der Waals surface area contributed by atoms with Crippen LogP contribution in [0.1, 0.15) is 27.1 Å². The first-order valence-electron chi connectivity index (χ1n) is 7.84. The number of nitro groups is 1. The number of amides is 3. The van der Waals surface area contributed by atoms with Crippen molar-refractivity contribution in [2.75, 3.05) is 13.1 Å². The first kappa shape index (κ1) is 17.3. The highest BCUT2D eigenvalue weighted by atomic mass is 16.6. The Morgan fingerprint density at radius 3 is 2.69 bits per heavy atom. The van der Waals surface area contributed by atoms with Crippen molar-refractivity contribution in [1.29, 1.82) is 0 Å². The predicted molar refractivity (Wildman–Crippen MR) is 88.3 cm³/mol. The van der Waals surface area contributed by atoms with Gasteiger partial charge in [0.05, 0.1) is 22.4 Å². The van der Waals surface area contributed by atoms with Crippen molar-refractivity contribution in [2.45, 2.75) is 13.0 Å². The smallest absolute Gasteiger partial charge is 0.270 e. The Hall–Kier alpha value is -3.56. The fourth-order valence-electron chi connectivity index (χ4n) is 2.64.